The third-order valence-corrected chi connectivity index (χ3v) is 3.47. The third kappa shape index (κ3) is 4.64. The maximum atomic E-state index is 12.9. The first-order valence-corrected chi connectivity index (χ1v) is 7.09. The second-order valence-electron chi connectivity index (χ2n) is 5.09. The molecular formula is C16H17FN2O4. The van der Waals surface area contributed by atoms with Crippen LogP contribution in [0.2, 0.25) is 0 Å². The number of carbonyl (C=O) groups is 3. The summed E-state index contributed by atoms with van der Waals surface area (Å²) in [5.41, 5.74) is 0.817. The number of hydrogen-bond acceptors (Lipinski definition) is 4. The summed E-state index contributed by atoms with van der Waals surface area (Å²) in [5, 5.41) is 2.55. The van der Waals surface area contributed by atoms with E-state index >= 15 is 0 Å². The lowest BCUT2D eigenvalue weighted by atomic mass is 10.2. The lowest BCUT2D eigenvalue weighted by Crippen LogP contribution is -2.40. The van der Waals surface area contributed by atoms with Crippen LogP contribution in [0.4, 0.5) is 4.39 Å². The highest BCUT2D eigenvalue weighted by molar-refractivity contribution is 5.97. The second-order valence-corrected chi connectivity index (χ2v) is 5.09. The van der Waals surface area contributed by atoms with Gasteiger partial charge in [-0.15, -0.1) is 0 Å². The van der Waals surface area contributed by atoms with Crippen LogP contribution in [-0.2, 0) is 25.7 Å². The number of methoxy groups -OCH3 is 1. The van der Waals surface area contributed by atoms with Crippen LogP contribution in [0, 0.1) is 5.82 Å². The summed E-state index contributed by atoms with van der Waals surface area (Å²) >= 11 is 0. The van der Waals surface area contributed by atoms with E-state index in [0.29, 0.717) is 19.5 Å². The predicted octanol–water partition coefficient (Wildman–Crippen LogP) is 0.772. The van der Waals surface area contributed by atoms with Crippen LogP contribution in [0.3, 0.4) is 0 Å². The van der Waals surface area contributed by atoms with Crippen LogP contribution in [0.1, 0.15) is 12.0 Å². The van der Waals surface area contributed by atoms with Gasteiger partial charge in [0.25, 0.3) is 0 Å². The molecule has 1 aromatic rings. The molecule has 122 valence electrons. The van der Waals surface area contributed by atoms with Gasteiger partial charge in [0.2, 0.25) is 11.8 Å². The zero-order valence-electron chi connectivity index (χ0n) is 12.6. The van der Waals surface area contributed by atoms with Gasteiger partial charge in [0.1, 0.15) is 11.9 Å². The zero-order chi connectivity index (χ0) is 16.8. The third-order valence-electron chi connectivity index (χ3n) is 3.47. The Labute approximate surface area is 132 Å². The monoisotopic (exact) mass is 320 g/mol. The molecular weight excluding hydrogens is 303 g/mol. The molecule has 1 fully saturated rings. The topological polar surface area (TPSA) is 75.7 Å². The Balaban J connectivity index is 1.88. The van der Waals surface area contributed by atoms with E-state index in [2.05, 4.69) is 10.1 Å². The average Bonchev–Trinajstić information content (AvgIpc) is 2.88. The van der Waals surface area contributed by atoms with E-state index in [9.17, 15) is 18.8 Å². The number of ether oxygens (including phenoxy) is 1. The molecule has 1 aromatic carbocycles. The van der Waals surface area contributed by atoms with Gasteiger partial charge in [-0.25, -0.2) is 9.18 Å². The van der Waals surface area contributed by atoms with Gasteiger partial charge in [0, 0.05) is 25.2 Å². The predicted molar refractivity (Wildman–Crippen MR) is 79.5 cm³/mol. The summed E-state index contributed by atoms with van der Waals surface area (Å²) in [6.07, 6.45) is 2.50. The first-order valence-electron chi connectivity index (χ1n) is 7.09. The van der Waals surface area contributed by atoms with Crippen LogP contribution in [0.25, 0.3) is 0 Å². The molecule has 0 aliphatic carbocycles. The average molecular weight is 320 g/mol. The van der Waals surface area contributed by atoms with Crippen molar-refractivity contribution in [3.05, 3.63) is 47.8 Å². The number of amides is 2. The van der Waals surface area contributed by atoms with E-state index < -0.39 is 17.9 Å². The molecule has 0 spiro atoms. The lowest BCUT2D eigenvalue weighted by molar-refractivity contribution is -0.135. The Morgan fingerprint density at radius 2 is 2.04 bits per heavy atom. The summed E-state index contributed by atoms with van der Waals surface area (Å²) in [4.78, 5) is 36.4. The molecule has 0 aromatic heterocycles. The smallest absolute Gasteiger partial charge is 0.330 e. The van der Waals surface area contributed by atoms with Crippen molar-refractivity contribution in [2.24, 2.45) is 0 Å². The van der Waals surface area contributed by atoms with Crippen LogP contribution >= 0.6 is 0 Å². The van der Waals surface area contributed by atoms with Crippen molar-refractivity contribution in [3.63, 3.8) is 0 Å². The van der Waals surface area contributed by atoms with Crippen molar-refractivity contribution < 1.29 is 23.5 Å². The van der Waals surface area contributed by atoms with Gasteiger partial charge in [0.15, 0.2) is 0 Å². The molecule has 1 heterocycles. The van der Waals surface area contributed by atoms with E-state index in [1.54, 1.807) is 17.0 Å². The maximum Gasteiger partial charge on any atom is 0.330 e. The summed E-state index contributed by atoms with van der Waals surface area (Å²) in [7, 11) is 1.21. The molecule has 6 nitrogen and oxygen atoms in total. The minimum absolute atomic E-state index is 0.200. The molecule has 7 heteroatoms. The second kappa shape index (κ2) is 7.53. The van der Waals surface area contributed by atoms with E-state index in [1.807, 2.05) is 0 Å². The van der Waals surface area contributed by atoms with E-state index in [0.717, 1.165) is 17.7 Å². The Hall–Kier alpha value is -2.70. The standard InChI is InChI=1S/C16H17FN2O4/c1-23-15(21)7-6-14(20)18-13-8-9-19(16(13)22)10-11-2-4-12(17)5-3-11/h2-7,13H,8-10H2,1H3,(H,18,20)/b7-6+. The molecule has 1 unspecified atom stereocenters. The molecule has 1 aliphatic rings. The van der Waals surface area contributed by atoms with Gasteiger partial charge in [-0.1, -0.05) is 12.1 Å². The minimum atomic E-state index is -0.643. The number of benzene rings is 1. The number of likely N-dealkylation sites (tertiary alicyclic amines) is 1. The molecule has 23 heavy (non-hydrogen) atoms. The zero-order valence-corrected chi connectivity index (χ0v) is 12.6. The number of rotatable bonds is 5. The van der Waals surface area contributed by atoms with Crippen LogP contribution in [-0.4, -0.2) is 42.4 Å². The van der Waals surface area contributed by atoms with Gasteiger partial charge < -0.3 is 15.0 Å². The Kier molecular flexibility index (Phi) is 5.46. The molecule has 1 N–H and O–H groups in total. The highest BCUT2D eigenvalue weighted by atomic mass is 19.1. The van der Waals surface area contributed by atoms with Gasteiger partial charge in [-0.2, -0.15) is 0 Å². The van der Waals surface area contributed by atoms with Gasteiger partial charge in [-0.05, 0) is 24.1 Å². The molecule has 1 atom stereocenters. The van der Waals surface area contributed by atoms with E-state index in [1.165, 1.54) is 19.2 Å². The number of carbonyl (C=O) groups excluding carboxylic acids is 3. The molecule has 0 bridgehead atoms. The number of hydrogen-bond donors (Lipinski definition) is 1. The number of halogens is 1. The highest BCUT2D eigenvalue weighted by Crippen LogP contribution is 2.15. The van der Waals surface area contributed by atoms with Gasteiger partial charge in [0.05, 0.1) is 7.11 Å². The minimum Gasteiger partial charge on any atom is -0.466 e. The molecule has 2 rings (SSSR count). The van der Waals surface area contributed by atoms with Crippen molar-refractivity contribution in [2.45, 2.75) is 19.0 Å². The maximum absolute atomic E-state index is 12.9. The van der Waals surface area contributed by atoms with Crippen LogP contribution < -0.4 is 5.32 Å². The van der Waals surface area contributed by atoms with Crippen LogP contribution in [0.5, 0.6) is 0 Å². The van der Waals surface area contributed by atoms with Gasteiger partial charge >= 0.3 is 5.97 Å². The fraction of sp³-hybridized carbons (Fsp3) is 0.312. The summed E-state index contributed by atoms with van der Waals surface area (Å²) in [5.74, 6) is -1.70. The molecule has 2 amide bonds. The van der Waals surface area contributed by atoms with Crippen molar-refractivity contribution in [1.82, 2.24) is 10.2 Å². The Bertz CT molecular complexity index is 627. The molecule has 0 radical (unpaired) electrons. The normalized spacial score (nSPS) is 17.6. The van der Waals surface area contributed by atoms with Crippen molar-refractivity contribution >= 4 is 17.8 Å². The Morgan fingerprint density at radius 3 is 2.70 bits per heavy atom. The van der Waals surface area contributed by atoms with Gasteiger partial charge in [-0.3, -0.25) is 9.59 Å². The van der Waals surface area contributed by atoms with E-state index in [4.69, 9.17) is 0 Å². The molecule has 1 saturated heterocycles. The summed E-state index contributed by atoms with van der Waals surface area (Å²) < 4.78 is 17.2. The fourth-order valence-corrected chi connectivity index (χ4v) is 2.27. The Morgan fingerprint density at radius 1 is 1.35 bits per heavy atom. The molecule has 1 aliphatic heterocycles. The fourth-order valence-electron chi connectivity index (χ4n) is 2.27. The van der Waals surface area contributed by atoms with Crippen molar-refractivity contribution in [2.75, 3.05) is 13.7 Å². The first-order chi connectivity index (χ1) is 11.0. The lowest BCUT2D eigenvalue weighted by Gasteiger charge is -2.17. The summed E-state index contributed by atoms with van der Waals surface area (Å²) in [6.45, 7) is 0.866. The van der Waals surface area contributed by atoms with Crippen molar-refractivity contribution in [3.8, 4) is 0 Å². The SMILES string of the molecule is COC(=O)/C=C/C(=O)NC1CCN(Cc2ccc(F)cc2)C1=O. The van der Waals surface area contributed by atoms with E-state index in [-0.39, 0.29) is 11.7 Å². The summed E-state index contributed by atoms with van der Waals surface area (Å²) in [6, 6.07) is 5.30. The first kappa shape index (κ1) is 16.7. The molecule has 0 saturated carbocycles. The van der Waals surface area contributed by atoms with Crippen LogP contribution in [0.15, 0.2) is 36.4 Å². The number of esters is 1. The quantitative estimate of drug-likeness (QED) is 0.642. The highest BCUT2D eigenvalue weighted by Gasteiger charge is 2.32. The van der Waals surface area contributed by atoms with Crippen molar-refractivity contribution in [1.29, 1.82) is 0 Å². The number of nitrogens with one attached hydrogen (secondary N) is 1. The number of nitrogens with zero attached hydrogens (tertiary/aromatic N) is 1. The largest absolute Gasteiger partial charge is 0.466 e.